The van der Waals surface area contributed by atoms with Gasteiger partial charge in [0.25, 0.3) is 11.8 Å². The normalized spacial score (nSPS) is 23.1. The average Bonchev–Trinajstić information content (AvgIpc) is 2.95. The third-order valence-corrected chi connectivity index (χ3v) is 5.62. The topological polar surface area (TPSA) is 75.7 Å². The lowest BCUT2D eigenvalue weighted by molar-refractivity contribution is -0.122. The van der Waals surface area contributed by atoms with E-state index in [9.17, 15) is 23.2 Å². The highest BCUT2D eigenvalue weighted by atomic mass is 19.1. The first-order chi connectivity index (χ1) is 14.8. The van der Waals surface area contributed by atoms with Gasteiger partial charge in [-0.3, -0.25) is 19.3 Å². The van der Waals surface area contributed by atoms with E-state index >= 15 is 0 Å². The summed E-state index contributed by atoms with van der Waals surface area (Å²) >= 11 is 0. The van der Waals surface area contributed by atoms with Crippen molar-refractivity contribution in [2.75, 3.05) is 6.54 Å². The number of nitrogens with zero attached hydrogens (tertiary/aromatic N) is 1. The van der Waals surface area contributed by atoms with E-state index in [-0.39, 0.29) is 30.3 Å². The molecule has 0 saturated carbocycles. The molecule has 0 aromatic heterocycles. The number of hydrogen-bond donors (Lipinski definition) is 1. The van der Waals surface area contributed by atoms with E-state index in [0.29, 0.717) is 36.0 Å². The second-order valence-corrected chi connectivity index (χ2v) is 7.91. The van der Waals surface area contributed by atoms with Crippen LogP contribution in [0.1, 0.15) is 58.6 Å². The van der Waals surface area contributed by atoms with Gasteiger partial charge >= 0.3 is 0 Å². The number of carbonyl (C=O) groups excluding carboxylic acids is 3. The van der Waals surface area contributed by atoms with Crippen LogP contribution >= 0.6 is 0 Å². The summed E-state index contributed by atoms with van der Waals surface area (Å²) in [6, 6.07) is 9.61. The number of ether oxygens (including phenoxy) is 1. The molecule has 0 bridgehead atoms. The van der Waals surface area contributed by atoms with E-state index in [1.54, 1.807) is 24.3 Å². The summed E-state index contributed by atoms with van der Waals surface area (Å²) < 4.78 is 33.5. The number of fused-ring (bicyclic) bond motifs is 1. The minimum Gasteiger partial charge on any atom is -0.370 e. The Bertz CT molecular complexity index is 987. The molecule has 1 N–H and O–H groups in total. The van der Waals surface area contributed by atoms with Gasteiger partial charge in [-0.2, -0.15) is 0 Å². The van der Waals surface area contributed by atoms with Gasteiger partial charge in [0.15, 0.2) is 0 Å². The monoisotopic (exact) mass is 428 g/mol. The van der Waals surface area contributed by atoms with Gasteiger partial charge in [-0.1, -0.05) is 12.1 Å². The molecular weight excluding hydrogens is 406 g/mol. The van der Waals surface area contributed by atoms with Crippen LogP contribution in [0.2, 0.25) is 0 Å². The van der Waals surface area contributed by atoms with Crippen molar-refractivity contribution >= 4 is 17.7 Å². The van der Waals surface area contributed by atoms with Gasteiger partial charge in [0.1, 0.15) is 11.6 Å². The maximum atomic E-state index is 13.7. The van der Waals surface area contributed by atoms with Crippen LogP contribution in [-0.2, 0) is 9.53 Å². The Labute approximate surface area is 178 Å². The van der Waals surface area contributed by atoms with Crippen LogP contribution in [0.15, 0.2) is 42.5 Å². The largest absolute Gasteiger partial charge is 0.370 e. The second kappa shape index (κ2) is 8.55. The van der Waals surface area contributed by atoms with E-state index in [2.05, 4.69) is 5.32 Å². The van der Waals surface area contributed by atoms with Gasteiger partial charge in [0.2, 0.25) is 5.91 Å². The lowest BCUT2D eigenvalue weighted by atomic mass is 9.92. The predicted octanol–water partition coefficient (Wildman–Crippen LogP) is 3.38. The zero-order valence-corrected chi connectivity index (χ0v) is 16.9. The Hall–Kier alpha value is -3.13. The predicted molar refractivity (Wildman–Crippen MR) is 107 cm³/mol. The number of imide groups is 1. The summed E-state index contributed by atoms with van der Waals surface area (Å²) in [5, 5.41) is 2.85. The van der Waals surface area contributed by atoms with Gasteiger partial charge in [0.05, 0.1) is 23.3 Å². The first kappa shape index (κ1) is 21.1. The first-order valence-corrected chi connectivity index (χ1v) is 10.2. The first-order valence-electron chi connectivity index (χ1n) is 10.2. The molecule has 3 unspecified atom stereocenters. The minimum absolute atomic E-state index is 0.147. The Balaban J connectivity index is 1.48. The van der Waals surface area contributed by atoms with Crippen molar-refractivity contribution in [3.8, 4) is 0 Å². The zero-order chi connectivity index (χ0) is 22.1. The summed E-state index contributed by atoms with van der Waals surface area (Å²) in [6.07, 6.45) is 0.146. The molecule has 2 aromatic carbocycles. The standard InChI is InChI=1S/C23H22F2N2O4/c1-13(28)26-17-11-18(31-21(12-17)14-8-15(24)10-16(25)9-14)6-7-27-22(29)19-4-2-3-5-20(19)23(27)30/h2-5,8-10,17-18,21H,6-7,11-12H2,1H3,(H,26,28). The highest BCUT2D eigenvalue weighted by Crippen LogP contribution is 2.34. The summed E-state index contributed by atoms with van der Waals surface area (Å²) in [5.41, 5.74) is 1.10. The quantitative estimate of drug-likeness (QED) is 0.741. The van der Waals surface area contributed by atoms with Gasteiger partial charge in [-0.05, 0) is 49.1 Å². The number of nitrogens with one attached hydrogen (secondary N) is 1. The lowest BCUT2D eigenvalue weighted by Crippen LogP contribution is -2.43. The molecule has 0 radical (unpaired) electrons. The fraction of sp³-hybridized carbons (Fsp3) is 0.348. The second-order valence-electron chi connectivity index (χ2n) is 7.91. The lowest BCUT2D eigenvalue weighted by Gasteiger charge is -2.36. The van der Waals surface area contributed by atoms with E-state index in [1.165, 1.54) is 24.0 Å². The van der Waals surface area contributed by atoms with E-state index in [0.717, 1.165) is 6.07 Å². The summed E-state index contributed by atoms with van der Waals surface area (Å²) in [7, 11) is 0. The molecule has 2 aliphatic rings. The number of carbonyl (C=O) groups is 3. The maximum absolute atomic E-state index is 13.7. The van der Waals surface area contributed by atoms with Gasteiger partial charge in [-0.15, -0.1) is 0 Å². The minimum atomic E-state index is -0.706. The molecule has 3 atom stereocenters. The molecule has 31 heavy (non-hydrogen) atoms. The molecule has 0 spiro atoms. The van der Waals surface area contributed by atoms with Gasteiger partial charge < -0.3 is 10.1 Å². The highest BCUT2D eigenvalue weighted by Gasteiger charge is 2.37. The van der Waals surface area contributed by atoms with Crippen molar-refractivity contribution in [3.63, 3.8) is 0 Å². The Morgan fingerprint density at radius 3 is 2.26 bits per heavy atom. The smallest absolute Gasteiger partial charge is 0.261 e. The van der Waals surface area contributed by atoms with Crippen molar-refractivity contribution in [1.29, 1.82) is 0 Å². The molecule has 2 aromatic rings. The van der Waals surface area contributed by atoms with Crippen molar-refractivity contribution in [2.45, 2.75) is 44.4 Å². The van der Waals surface area contributed by atoms with Crippen LogP contribution in [0.4, 0.5) is 8.78 Å². The molecule has 6 nitrogen and oxygen atoms in total. The molecule has 1 fully saturated rings. The highest BCUT2D eigenvalue weighted by molar-refractivity contribution is 6.21. The van der Waals surface area contributed by atoms with Crippen LogP contribution in [0.3, 0.4) is 0 Å². The van der Waals surface area contributed by atoms with Crippen molar-refractivity contribution in [3.05, 3.63) is 70.8 Å². The van der Waals surface area contributed by atoms with Gasteiger partial charge in [-0.25, -0.2) is 8.78 Å². The summed E-state index contributed by atoms with van der Waals surface area (Å²) in [6.45, 7) is 1.55. The number of halogens is 2. The molecule has 0 aliphatic carbocycles. The fourth-order valence-corrected chi connectivity index (χ4v) is 4.30. The van der Waals surface area contributed by atoms with Gasteiger partial charge in [0, 0.05) is 25.6 Å². The van der Waals surface area contributed by atoms with Crippen LogP contribution in [0.25, 0.3) is 0 Å². The average molecular weight is 428 g/mol. The molecule has 8 heteroatoms. The number of benzene rings is 2. The molecule has 2 aliphatic heterocycles. The third-order valence-electron chi connectivity index (χ3n) is 5.62. The van der Waals surface area contributed by atoms with Crippen LogP contribution in [0.5, 0.6) is 0 Å². The summed E-state index contributed by atoms with van der Waals surface area (Å²) in [4.78, 5) is 37.9. The molecule has 162 valence electrons. The van der Waals surface area contributed by atoms with Crippen LogP contribution in [-0.4, -0.2) is 41.3 Å². The molecule has 4 rings (SSSR count). The summed E-state index contributed by atoms with van der Waals surface area (Å²) in [5.74, 6) is -2.32. The number of amides is 3. The van der Waals surface area contributed by atoms with E-state index in [1.807, 2.05) is 0 Å². The third kappa shape index (κ3) is 4.49. The van der Waals surface area contributed by atoms with Crippen LogP contribution in [0, 0.1) is 11.6 Å². The van der Waals surface area contributed by atoms with Crippen molar-refractivity contribution in [1.82, 2.24) is 10.2 Å². The van der Waals surface area contributed by atoms with Crippen molar-refractivity contribution in [2.24, 2.45) is 0 Å². The van der Waals surface area contributed by atoms with E-state index < -0.39 is 23.8 Å². The molecular formula is C23H22F2N2O4. The molecule has 3 amide bonds. The number of hydrogen-bond acceptors (Lipinski definition) is 4. The van der Waals surface area contributed by atoms with Crippen LogP contribution < -0.4 is 5.32 Å². The van der Waals surface area contributed by atoms with E-state index in [4.69, 9.17) is 4.74 Å². The molecule has 2 heterocycles. The zero-order valence-electron chi connectivity index (χ0n) is 16.9. The fourth-order valence-electron chi connectivity index (χ4n) is 4.30. The Morgan fingerprint density at radius 1 is 1.06 bits per heavy atom. The maximum Gasteiger partial charge on any atom is 0.261 e. The van der Waals surface area contributed by atoms with Crippen molar-refractivity contribution < 1.29 is 27.9 Å². The Morgan fingerprint density at radius 2 is 1.68 bits per heavy atom. The SMILES string of the molecule is CC(=O)NC1CC(CCN2C(=O)c3ccccc3C2=O)OC(c2cc(F)cc(F)c2)C1. The molecule has 1 saturated heterocycles. The number of rotatable bonds is 5. The Kier molecular flexibility index (Phi) is 5.82.